The minimum Gasteiger partial charge on any atom is -0.378 e. The molecule has 0 saturated heterocycles. The van der Waals surface area contributed by atoms with Crippen LogP contribution in [-0.4, -0.2) is 17.6 Å². The average molecular weight is 193 g/mol. The van der Waals surface area contributed by atoms with Crippen LogP contribution in [0.4, 0.5) is 0 Å². The van der Waals surface area contributed by atoms with Gasteiger partial charge in [-0.25, -0.2) is 0 Å². The van der Waals surface area contributed by atoms with Crippen molar-refractivity contribution in [2.75, 3.05) is 6.54 Å². The molecule has 0 aliphatic rings. The Kier molecular flexibility index (Phi) is 3.65. The van der Waals surface area contributed by atoms with E-state index in [1.165, 1.54) is 0 Å². The Morgan fingerprint density at radius 3 is 2.50 bits per heavy atom. The van der Waals surface area contributed by atoms with Gasteiger partial charge in [0.25, 0.3) is 5.91 Å². The summed E-state index contributed by atoms with van der Waals surface area (Å²) in [5.74, 6) is -0.351. The molecule has 0 aromatic heterocycles. The van der Waals surface area contributed by atoms with E-state index in [0.29, 0.717) is 12.1 Å². The highest BCUT2D eigenvalue weighted by Gasteiger charge is 2.15. The highest BCUT2D eigenvalue weighted by molar-refractivity contribution is 5.81. The molecule has 2 N–H and O–H groups in total. The zero-order valence-electron chi connectivity index (χ0n) is 8.45. The standard InChI is InChI=1S/C11H15NO2/c1-3-12-11(14)10(13)9-6-4-8(2)5-7-9/h4-7,10,13H,3H2,1-2H3,(H,12,14). The predicted molar refractivity (Wildman–Crippen MR) is 54.8 cm³/mol. The lowest BCUT2D eigenvalue weighted by atomic mass is 10.1. The number of aliphatic hydroxyl groups excluding tert-OH is 1. The number of hydrogen-bond acceptors (Lipinski definition) is 2. The van der Waals surface area contributed by atoms with Gasteiger partial charge in [-0.1, -0.05) is 29.8 Å². The van der Waals surface area contributed by atoms with Crippen LogP contribution in [0.3, 0.4) is 0 Å². The Hall–Kier alpha value is -1.35. The second-order valence-corrected chi connectivity index (χ2v) is 3.21. The van der Waals surface area contributed by atoms with Gasteiger partial charge in [0.1, 0.15) is 0 Å². The summed E-state index contributed by atoms with van der Waals surface area (Å²) in [6.45, 7) is 4.31. The molecule has 1 unspecified atom stereocenters. The van der Waals surface area contributed by atoms with Crippen molar-refractivity contribution in [1.29, 1.82) is 0 Å². The number of carbonyl (C=O) groups excluding carboxylic acids is 1. The molecule has 0 aliphatic carbocycles. The van der Waals surface area contributed by atoms with Crippen molar-refractivity contribution in [3.8, 4) is 0 Å². The fraction of sp³-hybridized carbons (Fsp3) is 0.364. The number of aliphatic hydroxyl groups is 1. The molecule has 1 aromatic carbocycles. The molecule has 1 aromatic rings. The first-order valence-corrected chi connectivity index (χ1v) is 4.67. The molecule has 0 radical (unpaired) electrons. The molecular formula is C11H15NO2. The van der Waals surface area contributed by atoms with Crippen molar-refractivity contribution in [3.05, 3.63) is 35.4 Å². The van der Waals surface area contributed by atoms with E-state index in [9.17, 15) is 9.90 Å². The second kappa shape index (κ2) is 4.77. The summed E-state index contributed by atoms with van der Waals surface area (Å²) in [6, 6.07) is 7.26. The van der Waals surface area contributed by atoms with Crippen molar-refractivity contribution in [2.45, 2.75) is 20.0 Å². The van der Waals surface area contributed by atoms with Crippen molar-refractivity contribution in [3.63, 3.8) is 0 Å². The number of aryl methyl sites for hydroxylation is 1. The molecule has 3 nitrogen and oxygen atoms in total. The van der Waals surface area contributed by atoms with E-state index in [1.54, 1.807) is 12.1 Å². The summed E-state index contributed by atoms with van der Waals surface area (Å²) in [5, 5.41) is 12.2. The molecule has 14 heavy (non-hydrogen) atoms. The fourth-order valence-corrected chi connectivity index (χ4v) is 1.17. The minimum atomic E-state index is -1.06. The normalized spacial score (nSPS) is 12.2. The molecule has 0 heterocycles. The van der Waals surface area contributed by atoms with E-state index in [-0.39, 0.29) is 5.91 Å². The molecule has 0 fully saturated rings. The molecular weight excluding hydrogens is 178 g/mol. The second-order valence-electron chi connectivity index (χ2n) is 3.21. The lowest BCUT2D eigenvalue weighted by Crippen LogP contribution is -2.28. The number of hydrogen-bond donors (Lipinski definition) is 2. The maximum Gasteiger partial charge on any atom is 0.253 e. The van der Waals surface area contributed by atoms with Crippen LogP contribution < -0.4 is 5.32 Å². The van der Waals surface area contributed by atoms with Gasteiger partial charge in [-0.05, 0) is 19.4 Å². The van der Waals surface area contributed by atoms with Gasteiger partial charge in [0, 0.05) is 6.54 Å². The van der Waals surface area contributed by atoms with Gasteiger partial charge in [-0.3, -0.25) is 4.79 Å². The third-order valence-corrected chi connectivity index (χ3v) is 1.99. The molecule has 1 amide bonds. The minimum absolute atomic E-state index is 0.351. The number of carbonyl (C=O) groups is 1. The van der Waals surface area contributed by atoms with Crippen LogP contribution in [0.2, 0.25) is 0 Å². The first kappa shape index (κ1) is 10.7. The van der Waals surface area contributed by atoms with Gasteiger partial charge in [0.05, 0.1) is 0 Å². The lowest BCUT2D eigenvalue weighted by molar-refractivity contribution is -0.129. The molecule has 1 atom stereocenters. The summed E-state index contributed by atoms with van der Waals surface area (Å²) in [5.41, 5.74) is 1.73. The van der Waals surface area contributed by atoms with Crippen LogP contribution in [0.15, 0.2) is 24.3 Å². The Balaban J connectivity index is 2.73. The van der Waals surface area contributed by atoms with E-state index in [2.05, 4.69) is 5.32 Å². The molecule has 3 heteroatoms. The zero-order valence-corrected chi connectivity index (χ0v) is 8.45. The largest absolute Gasteiger partial charge is 0.378 e. The fourth-order valence-electron chi connectivity index (χ4n) is 1.17. The van der Waals surface area contributed by atoms with Crippen LogP contribution in [0.25, 0.3) is 0 Å². The molecule has 1 rings (SSSR count). The maximum absolute atomic E-state index is 11.3. The van der Waals surface area contributed by atoms with E-state index in [0.717, 1.165) is 5.56 Å². The number of nitrogens with one attached hydrogen (secondary N) is 1. The van der Waals surface area contributed by atoms with Crippen molar-refractivity contribution in [2.24, 2.45) is 0 Å². The molecule has 76 valence electrons. The number of benzene rings is 1. The van der Waals surface area contributed by atoms with Crippen molar-refractivity contribution in [1.82, 2.24) is 5.32 Å². The van der Waals surface area contributed by atoms with Gasteiger partial charge in [-0.15, -0.1) is 0 Å². The van der Waals surface area contributed by atoms with Crippen molar-refractivity contribution >= 4 is 5.91 Å². The molecule has 0 saturated carbocycles. The third-order valence-electron chi connectivity index (χ3n) is 1.99. The quantitative estimate of drug-likeness (QED) is 0.757. The van der Waals surface area contributed by atoms with E-state index in [4.69, 9.17) is 0 Å². The average Bonchev–Trinajstić information content (AvgIpc) is 2.18. The number of likely N-dealkylation sites (N-methyl/N-ethyl adjacent to an activating group) is 1. The highest BCUT2D eigenvalue weighted by atomic mass is 16.3. The van der Waals surface area contributed by atoms with Gasteiger partial charge < -0.3 is 10.4 Å². The summed E-state index contributed by atoms with van der Waals surface area (Å²) in [4.78, 5) is 11.3. The van der Waals surface area contributed by atoms with Gasteiger partial charge in [0.2, 0.25) is 0 Å². The zero-order chi connectivity index (χ0) is 10.6. The van der Waals surface area contributed by atoms with Gasteiger partial charge in [-0.2, -0.15) is 0 Å². The first-order valence-electron chi connectivity index (χ1n) is 4.67. The van der Waals surface area contributed by atoms with Crippen molar-refractivity contribution < 1.29 is 9.90 Å². The van der Waals surface area contributed by atoms with E-state index in [1.807, 2.05) is 26.0 Å². The predicted octanol–water partition coefficient (Wildman–Crippen LogP) is 1.16. The van der Waals surface area contributed by atoms with Gasteiger partial charge in [0.15, 0.2) is 6.10 Å². The Labute approximate surface area is 83.8 Å². The monoisotopic (exact) mass is 193 g/mol. The Bertz CT molecular complexity index is 306. The third kappa shape index (κ3) is 2.57. The summed E-state index contributed by atoms with van der Waals surface area (Å²) in [7, 11) is 0. The maximum atomic E-state index is 11.3. The van der Waals surface area contributed by atoms with Gasteiger partial charge >= 0.3 is 0 Å². The molecule has 0 spiro atoms. The number of amides is 1. The smallest absolute Gasteiger partial charge is 0.253 e. The Morgan fingerprint density at radius 2 is 2.00 bits per heavy atom. The Morgan fingerprint density at radius 1 is 1.43 bits per heavy atom. The van der Waals surface area contributed by atoms with Crippen LogP contribution in [0, 0.1) is 6.92 Å². The van der Waals surface area contributed by atoms with Crippen LogP contribution >= 0.6 is 0 Å². The highest BCUT2D eigenvalue weighted by Crippen LogP contribution is 2.13. The topological polar surface area (TPSA) is 49.3 Å². The number of rotatable bonds is 3. The van der Waals surface area contributed by atoms with Crippen LogP contribution in [-0.2, 0) is 4.79 Å². The first-order chi connectivity index (χ1) is 6.65. The molecule has 0 bridgehead atoms. The lowest BCUT2D eigenvalue weighted by Gasteiger charge is -2.10. The summed E-state index contributed by atoms with van der Waals surface area (Å²) >= 11 is 0. The van der Waals surface area contributed by atoms with Crippen LogP contribution in [0.5, 0.6) is 0 Å². The summed E-state index contributed by atoms with van der Waals surface area (Å²) < 4.78 is 0. The molecule has 0 aliphatic heterocycles. The van der Waals surface area contributed by atoms with E-state index >= 15 is 0 Å². The van der Waals surface area contributed by atoms with E-state index < -0.39 is 6.10 Å². The SMILES string of the molecule is CCNC(=O)C(O)c1ccc(C)cc1. The van der Waals surface area contributed by atoms with Crippen LogP contribution in [0.1, 0.15) is 24.2 Å². The summed E-state index contributed by atoms with van der Waals surface area (Å²) in [6.07, 6.45) is -1.06.